The van der Waals surface area contributed by atoms with E-state index >= 15 is 0 Å². The highest BCUT2D eigenvalue weighted by Gasteiger charge is 2.00. The highest BCUT2D eigenvalue weighted by molar-refractivity contribution is 9.10. The molecule has 0 atom stereocenters. The van der Waals surface area contributed by atoms with Crippen LogP contribution in [0.2, 0.25) is 0 Å². The minimum Gasteiger partial charge on any atom is -0.303 e. The third kappa shape index (κ3) is 2.35. The number of rotatable bonds is 3. The first kappa shape index (κ1) is 9.81. The van der Waals surface area contributed by atoms with Crippen LogP contribution < -0.4 is 0 Å². The summed E-state index contributed by atoms with van der Waals surface area (Å²) in [6.07, 6.45) is 2.25. The molecule has 0 saturated heterocycles. The van der Waals surface area contributed by atoms with Gasteiger partial charge in [-0.1, -0.05) is 12.1 Å². The van der Waals surface area contributed by atoms with Crippen LogP contribution in [0.1, 0.15) is 12.0 Å². The number of carbonyl (C=O) groups excluding carboxylic acids is 1. The summed E-state index contributed by atoms with van der Waals surface area (Å²) in [5.74, 6) is 0. The van der Waals surface area contributed by atoms with Crippen molar-refractivity contribution in [2.75, 3.05) is 0 Å². The Hall–Kier alpha value is -0.280. The molecule has 0 amide bonds. The standard InChI is InChI=1S/C9H9BrOS/c10-8-5-1-3-7(9(8)12)4-2-6-11/h1,3,5-6,12H,2,4H2. The van der Waals surface area contributed by atoms with Crippen molar-refractivity contribution in [3.8, 4) is 0 Å². The predicted molar refractivity (Wildman–Crippen MR) is 55.8 cm³/mol. The summed E-state index contributed by atoms with van der Waals surface area (Å²) in [5.41, 5.74) is 1.11. The molecule has 1 nitrogen and oxygen atoms in total. The van der Waals surface area contributed by atoms with Crippen molar-refractivity contribution < 1.29 is 4.79 Å². The molecule has 0 aromatic heterocycles. The van der Waals surface area contributed by atoms with Crippen molar-refractivity contribution in [3.05, 3.63) is 28.2 Å². The van der Waals surface area contributed by atoms with E-state index in [1.54, 1.807) is 0 Å². The molecule has 0 spiro atoms. The van der Waals surface area contributed by atoms with E-state index in [0.29, 0.717) is 6.42 Å². The minimum atomic E-state index is 0.560. The first-order chi connectivity index (χ1) is 5.75. The number of hydrogen-bond acceptors (Lipinski definition) is 2. The molecule has 1 aromatic rings. The fourth-order valence-corrected chi connectivity index (χ4v) is 1.64. The van der Waals surface area contributed by atoms with Gasteiger partial charge in [-0.05, 0) is 34.0 Å². The number of benzene rings is 1. The van der Waals surface area contributed by atoms with Gasteiger partial charge in [-0.15, -0.1) is 12.6 Å². The van der Waals surface area contributed by atoms with Crippen molar-refractivity contribution in [2.24, 2.45) is 0 Å². The molecule has 0 heterocycles. The van der Waals surface area contributed by atoms with Gasteiger partial charge in [0.05, 0.1) is 0 Å². The summed E-state index contributed by atoms with van der Waals surface area (Å²) < 4.78 is 0.981. The summed E-state index contributed by atoms with van der Waals surface area (Å²) in [6, 6.07) is 5.87. The first-order valence-corrected chi connectivity index (χ1v) is 4.89. The molecule has 0 aliphatic heterocycles. The Morgan fingerprint density at radius 1 is 1.50 bits per heavy atom. The molecule has 1 rings (SSSR count). The van der Waals surface area contributed by atoms with Crippen LogP contribution in [-0.4, -0.2) is 6.29 Å². The van der Waals surface area contributed by atoms with Crippen molar-refractivity contribution >= 4 is 34.8 Å². The largest absolute Gasteiger partial charge is 0.303 e. The van der Waals surface area contributed by atoms with E-state index in [4.69, 9.17) is 0 Å². The van der Waals surface area contributed by atoms with Crippen LogP contribution in [0.25, 0.3) is 0 Å². The third-order valence-electron chi connectivity index (χ3n) is 1.60. The maximum absolute atomic E-state index is 10.1. The molecule has 1 aromatic carbocycles. The van der Waals surface area contributed by atoms with Crippen LogP contribution in [0, 0.1) is 0 Å². The van der Waals surface area contributed by atoms with E-state index in [1.807, 2.05) is 18.2 Å². The van der Waals surface area contributed by atoms with Gasteiger partial charge in [-0.3, -0.25) is 0 Å². The summed E-state index contributed by atoms with van der Waals surface area (Å²) in [6.45, 7) is 0. The average Bonchev–Trinajstić information content (AvgIpc) is 2.08. The fourth-order valence-electron chi connectivity index (χ4n) is 0.976. The normalized spacial score (nSPS) is 9.83. The number of carbonyl (C=O) groups is 1. The van der Waals surface area contributed by atoms with Crippen molar-refractivity contribution in [3.63, 3.8) is 0 Å². The summed E-state index contributed by atoms with van der Waals surface area (Å²) >= 11 is 7.69. The van der Waals surface area contributed by atoms with Crippen LogP contribution in [0.5, 0.6) is 0 Å². The van der Waals surface area contributed by atoms with Gasteiger partial charge in [0.1, 0.15) is 6.29 Å². The maximum atomic E-state index is 10.1. The molecular formula is C9H9BrOS. The van der Waals surface area contributed by atoms with Crippen molar-refractivity contribution in [1.82, 2.24) is 0 Å². The monoisotopic (exact) mass is 244 g/mol. The van der Waals surface area contributed by atoms with E-state index < -0.39 is 0 Å². The van der Waals surface area contributed by atoms with Gasteiger partial charge in [0.2, 0.25) is 0 Å². The molecular weight excluding hydrogens is 236 g/mol. The Bertz CT molecular complexity index is 286. The van der Waals surface area contributed by atoms with Gasteiger partial charge in [-0.25, -0.2) is 0 Å². The highest BCUT2D eigenvalue weighted by Crippen LogP contribution is 2.24. The second kappa shape index (κ2) is 4.67. The number of thiol groups is 1. The van der Waals surface area contributed by atoms with Gasteiger partial charge in [0.15, 0.2) is 0 Å². The van der Waals surface area contributed by atoms with E-state index in [9.17, 15) is 4.79 Å². The Morgan fingerprint density at radius 3 is 2.92 bits per heavy atom. The SMILES string of the molecule is O=CCCc1cccc(Br)c1S. The molecule has 0 saturated carbocycles. The average molecular weight is 245 g/mol. The topological polar surface area (TPSA) is 17.1 Å². The summed E-state index contributed by atoms with van der Waals surface area (Å²) in [4.78, 5) is 11.1. The Labute approximate surface area is 85.7 Å². The summed E-state index contributed by atoms with van der Waals surface area (Å²) in [7, 11) is 0. The molecule has 0 unspecified atom stereocenters. The van der Waals surface area contributed by atoms with Crippen LogP contribution in [-0.2, 0) is 11.2 Å². The second-order valence-corrected chi connectivity index (χ2v) is 3.75. The van der Waals surface area contributed by atoms with Gasteiger partial charge in [0, 0.05) is 15.8 Å². The minimum absolute atomic E-state index is 0.560. The number of halogens is 1. The second-order valence-electron chi connectivity index (χ2n) is 2.45. The van der Waals surface area contributed by atoms with Crippen LogP contribution >= 0.6 is 28.6 Å². The van der Waals surface area contributed by atoms with Crippen LogP contribution in [0.3, 0.4) is 0 Å². The quantitative estimate of drug-likeness (QED) is 0.640. The molecule has 0 fully saturated rings. The first-order valence-electron chi connectivity index (χ1n) is 3.65. The zero-order valence-electron chi connectivity index (χ0n) is 6.46. The van der Waals surface area contributed by atoms with E-state index in [1.165, 1.54) is 0 Å². The Kier molecular flexibility index (Phi) is 3.82. The van der Waals surface area contributed by atoms with E-state index in [0.717, 1.165) is 27.6 Å². The Morgan fingerprint density at radius 2 is 2.25 bits per heavy atom. The van der Waals surface area contributed by atoms with Gasteiger partial charge in [-0.2, -0.15) is 0 Å². The number of hydrogen-bond donors (Lipinski definition) is 1. The smallest absolute Gasteiger partial charge is 0.120 e. The van der Waals surface area contributed by atoms with Crippen molar-refractivity contribution in [1.29, 1.82) is 0 Å². The number of aldehydes is 1. The maximum Gasteiger partial charge on any atom is 0.120 e. The molecule has 0 aliphatic carbocycles. The molecule has 12 heavy (non-hydrogen) atoms. The van der Waals surface area contributed by atoms with Gasteiger partial charge in [0.25, 0.3) is 0 Å². The summed E-state index contributed by atoms with van der Waals surface area (Å²) in [5, 5.41) is 0. The molecule has 0 radical (unpaired) electrons. The molecule has 3 heteroatoms. The zero-order valence-corrected chi connectivity index (χ0v) is 8.94. The van der Waals surface area contributed by atoms with Crippen LogP contribution in [0.4, 0.5) is 0 Å². The number of aryl methyl sites for hydroxylation is 1. The highest BCUT2D eigenvalue weighted by atomic mass is 79.9. The zero-order chi connectivity index (χ0) is 8.97. The molecule has 0 N–H and O–H groups in total. The lowest BCUT2D eigenvalue weighted by atomic mass is 10.1. The van der Waals surface area contributed by atoms with Gasteiger partial charge >= 0.3 is 0 Å². The molecule has 64 valence electrons. The van der Waals surface area contributed by atoms with Gasteiger partial charge < -0.3 is 4.79 Å². The van der Waals surface area contributed by atoms with Crippen molar-refractivity contribution in [2.45, 2.75) is 17.7 Å². The third-order valence-corrected chi connectivity index (χ3v) is 3.10. The Balaban J connectivity index is 2.84. The lowest BCUT2D eigenvalue weighted by Crippen LogP contribution is -1.88. The lowest BCUT2D eigenvalue weighted by molar-refractivity contribution is -0.107. The van der Waals surface area contributed by atoms with E-state index in [2.05, 4.69) is 28.6 Å². The van der Waals surface area contributed by atoms with Crippen LogP contribution in [0.15, 0.2) is 27.6 Å². The lowest BCUT2D eigenvalue weighted by Gasteiger charge is -2.03. The van der Waals surface area contributed by atoms with E-state index in [-0.39, 0.29) is 0 Å². The predicted octanol–water partition coefficient (Wildman–Crippen LogP) is 2.87. The fraction of sp³-hybridized carbons (Fsp3) is 0.222. The molecule has 0 bridgehead atoms. The molecule has 0 aliphatic rings.